The molecule has 7 heteroatoms. The molecule has 0 radical (unpaired) electrons. The molecular weight excluding hydrogens is 402 g/mol. The third-order valence-electron chi connectivity index (χ3n) is 6.63. The van der Waals surface area contributed by atoms with Crippen molar-refractivity contribution < 1.29 is 9.15 Å². The van der Waals surface area contributed by atoms with E-state index in [1.54, 1.807) is 6.26 Å². The Kier molecular flexibility index (Phi) is 6.64. The molecule has 5 rings (SSSR count). The van der Waals surface area contributed by atoms with Gasteiger partial charge in [0.1, 0.15) is 11.5 Å². The van der Waals surface area contributed by atoms with Crippen LogP contribution in [0, 0.1) is 5.92 Å². The predicted molar refractivity (Wildman–Crippen MR) is 127 cm³/mol. The van der Waals surface area contributed by atoms with Gasteiger partial charge in [-0.1, -0.05) is 6.42 Å². The third-order valence-corrected chi connectivity index (χ3v) is 6.63. The first-order valence-corrected chi connectivity index (χ1v) is 12.0. The highest BCUT2D eigenvalue weighted by Crippen LogP contribution is 2.28. The number of nitrogens with one attached hydrogen (secondary N) is 1. The van der Waals surface area contributed by atoms with E-state index in [1.807, 2.05) is 18.2 Å². The van der Waals surface area contributed by atoms with Gasteiger partial charge in [-0.15, -0.1) is 0 Å². The van der Waals surface area contributed by atoms with Crippen molar-refractivity contribution in [2.24, 2.45) is 5.92 Å². The first-order valence-electron chi connectivity index (χ1n) is 12.0. The van der Waals surface area contributed by atoms with E-state index in [9.17, 15) is 0 Å². The molecule has 1 unspecified atom stereocenters. The minimum Gasteiger partial charge on any atom is -0.493 e. The van der Waals surface area contributed by atoms with Crippen molar-refractivity contribution in [3.8, 4) is 5.75 Å². The van der Waals surface area contributed by atoms with Crippen molar-refractivity contribution in [2.45, 2.75) is 38.8 Å². The van der Waals surface area contributed by atoms with Crippen molar-refractivity contribution in [1.82, 2.24) is 19.4 Å². The predicted octanol–water partition coefficient (Wildman–Crippen LogP) is 4.06. The standard InChI is InChI=1S/C25H35N5O2/c1-28(19-22-7-5-13-32-22)10-6-14-31-21-8-9-23-24(15-21)30-18-20(16-26-25(30)27-23)17-29-11-3-2-4-12-29/h5,7-9,13,15,20H,2-4,6,10-12,14,16-19H2,1H3,(H,26,27). The SMILES string of the molecule is CN(CCCOc1ccc2nc3n(c2c1)CC(CN1CCCCC1)CN3)Cc1ccco1. The van der Waals surface area contributed by atoms with E-state index >= 15 is 0 Å². The minimum atomic E-state index is 0.618. The van der Waals surface area contributed by atoms with Crippen LogP contribution < -0.4 is 10.1 Å². The molecule has 0 amide bonds. The van der Waals surface area contributed by atoms with Crippen LogP contribution in [0.5, 0.6) is 5.75 Å². The second-order valence-electron chi connectivity index (χ2n) is 9.32. The van der Waals surface area contributed by atoms with Crippen molar-refractivity contribution in [1.29, 1.82) is 0 Å². The van der Waals surface area contributed by atoms with Crippen molar-refractivity contribution in [3.63, 3.8) is 0 Å². The molecule has 1 saturated heterocycles. The maximum Gasteiger partial charge on any atom is 0.203 e. The van der Waals surface area contributed by atoms with Crippen LogP contribution in [0.2, 0.25) is 0 Å². The number of rotatable bonds is 9. The summed E-state index contributed by atoms with van der Waals surface area (Å²) < 4.78 is 13.9. The summed E-state index contributed by atoms with van der Waals surface area (Å²) in [7, 11) is 2.11. The molecule has 4 heterocycles. The molecule has 32 heavy (non-hydrogen) atoms. The molecule has 1 aromatic carbocycles. The van der Waals surface area contributed by atoms with Crippen molar-refractivity contribution in [2.75, 3.05) is 51.7 Å². The van der Waals surface area contributed by atoms with E-state index in [2.05, 4.69) is 38.9 Å². The number of fused-ring (bicyclic) bond motifs is 3. The van der Waals surface area contributed by atoms with Crippen LogP contribution in [-0.4, -0.2) is 65.7 Å². The molecule has 1 N–H and O–H groups in total. The first-order chi connectivity index (χ1) is 15.7. The summed E-state index contributed by atoms with van der Waals surface area (Å²) in [4.78, 5) is 9.69. The molecule has 1 fully saturated rings. The lowest BCUT2D eigenvalue weighted by molar-refractivity contribution is 0.188. The van der Waals surface area contributed by atoms with E-state index in [1.165, 1.54) is 44.4 Å². The number of hydrogen-bond donors (Lipinski definition) is 1. The summed E-state index contributed by atoms with van der Waals surface area (Å²) in [5, 5.41) is 3.57. The van der Waals surface area contributed by atoms with Crippen LogP contribution in [0.3, 0.4) is 0 Å². The van der Waals surface area contributed by atoms with E-state index < -0.39 is 0 Å². The van der Waals surface area contributed by atoms with Gasteiger partial charge >= 0.3 is 0 Å². The number of ether oxygens (including phenoxy) is 1. The summed E-state index contributed by atoms with van der Waals surface area (Å²) in [5.74, 6) is 3.53. The van der Waals surface area contributed by atoms with Gasteiger partial charge in [-0.2, -0.15) is 0 Å². The normalized spacial score (nSPS) is 19.2. The Balaban J connectivity index is 1.16. The highest BCUT2D eigenvalue weighted by Gasteiger charge is 2.24. The number of benzene rings is 1. The van der Waals surface area contributed by atoms with Crippen LogP contribution in [0.1, 0.15) is 31.4 Å². The maximum atomic E-state index is 6.09. The van der Waals surface area contributed by atoms with Gasteiger partial charge in [-0.3, -0.25) is 4.90 Å². The molecule has 2 aliphatic heterocycles. The van der Waals surface area contributed by atoms with Gasteiger partial charge in [0, 0.05) is 38.2 Å². The van der Waals surface area contributed by atoms with Crippen LogP contribution in [0.4, 0.5) is 5.95 Å². The molecule has 1 atom stereocenters. The fourth-order valence-corrected chi connectivity index (χ4v) is 4.97. The number of anilines is 1. The average Bonchev–Trinajstić information content (AvgIpc) is 3.45. The quantitative estimate of drug-likeness (QED) is 0.510. The lowest BCUT2D eigenvalue weighted by atomic mass is 10.0. The molecule has 0 bridgehead atoms. The van der Waals surface area contributed by atoms with Gasteiger partial charge in [0.2, 0.25) is 5.95 Å². The maximum absolute atomic E-state index is 6.09. The zero-order valence-electron chi connectivity index (χ0n) is 19.1. The van der Waals surface area contributed by atoms with Gasteiger partial charge in [0.05, 0.1) is 30.4 Å². The molecule has 7 nitrogen and oxygen atoms in total. The number of nitrogens with zero attached hydrogens (tertiary/aromatic N) is 4. The van der Waals surface area contributed by atoms with Gasteiger partial charge in [-0.05, 0) is 63.7 Å². The van der Waals surface area contributed by atoms with Gasteiger partial charge in [0.25, 0.3) is 0 Å². The third kappa shape index (κ3) is 5.10. The zero-order valence-corrected chi connectivity index (χ0v) is 19.1. The molecule has 0 spiro atoms. The van der Waals surface area contributed by atoms with Crippen LogP contribution in [0.15, 0.2) is 41.0 Å². The molecule has 2 aromatic heterocycles. The Hall–Kier alpha value is -2.51. The van der Waals surface area contributed by atoms with Crippen LogP contribution >= 0.6 is 0 Å². The lowest BCUT2D eigenvalue weighted by Gasteiger charge is -2.33. The highest BCUT2D eigenvalue weighted by atomic mass is 16.5. The Labute approximate surface area is 190 Å². The second-order valence-corrected chi connectivity index (χ2v) is 9.32. The Morgan fingerprint density at radius 2 is 2.12 bits per heavy atom. The van der Waals surface area contributed by atoms with E-state index in [4.69, 9.17) is 14.1 Å². The fraction of sp³-hybridized carbons (Fsp3) is 0.560. The molecule has 0 aliphatic carbocycles. The van der Waals surface area contributed by atoms with E-state index in [0.29, 0.717) is 12.5 Å². The summed E-state index contributed by atoms with van der Waals surface area (Å²) in [6, 6.07) is 10.2. The molecule has 3 aromatic rings. The minimum absolute atomic E-state index is 0.618. The smallest absolute Gasteiger partial charge is 0.203 e. The summed E-state index contributed by atoms with van der Waals surface area (Å²) in [6.45, 7) is 8.20. The van der Waals surface area contributed by atoms with Gasteiger partial charge in [-0.25, -0.2) is 4.98 Å². The summed E-state index contributed by atoms with van der Waals surface area (Å²) in [6.07, 6.45) is 6.78. The van der Waals surface area contributed by atoms with Crippen molar-refractivity contribution >= 4 is 17.0 Å². The fourth-order valence-electron chi connectivity index (χ4n) is 4.97. The molecular formula is C25H35N5O2. The zero-order chi connectivity index (χ0) is 21.8. The summed E-state index contributed by atoms with van der Waals surface area (Å²) in [5.41, 5.74) is 2.21. The van der Waals surface area contributed by atoms with Gasteiger partial charge in [0.15, 0.2) is 0 Å². The summed E-state index contributed by atoms with van der Waals surface area (Å²) >= 11 is 0. The number of hydrogen-bond acceptors (Lipinski definition) is 6. The highest BCUT2D eigenvalue weighted by molar-refractivity contribution is 5.80. The first kappa shape index (κ1) is 21.3. The monoisotopic (exact) mass is 437 g/mol. The lowest BCUT2D eigenvalue weighted by Crippen LogP contribution is -2.40. The second kappa shape index (κ2) is 9.96. The van der Waals surface area contributed by atoms with Crippen LogP contribution in [0.25, 0.3) is 11.0 Å². The molecule has 172 valence electrons. The largest absolute Gasteiger partial charge is 0.493 e. The van der Waals surface area contributed by atoms with Crippen molar-refractivity contribution in [3.05, 3.63) is 42.4 Å². The Bertz CT molecular complexity index is 993. The molecule has 0 saturated carbocycles. The number of imidazole rings is 1. The number of likely N-dealkylation sites (tertiary alicyclic amines) is 1. The average molecular weight is 438 g/mol. The van der Waals surface area contributed by atoms with Gasteiger partial charge < -0.3 is 23.9 Å². The number of furan rings is 1. The van der Waals surface area contributed by atoms with Crippen LogP contribution in [-0.2, 0) is 13.1 Å². The Morgan fingerprint density at radius 1 is 1.22 bits per heavy atom. The Morgan fingerprint density at radius 3 is 2.97 bits per heavy atom. The topological polar surface area (TPSA) is 58.7 Å². The number of piperidine rings is 1. The molecule has 2 aliphatic rings. The van der Waals surface area contributed by atoms with E-state index in [0.717, 1.165) is 55.6 Å². The number of aromatic nitrogens is 2. The van der Waals surface area contributed by atoms with E-state index in [-0.39, 0.29) is 0 Å².